The van der Waals surface area contributed by atoms with Gasteiger partial charge < -0.3 is 19.2 Å². The van der Waals surface area contributed by atoms with Gasteiger partial charge in [0.15, 0.2) is 16.5 Å². The maximum absolute atomic E-state index is 15.6. The van der Waals surface area contributed by atoms with Crippen molar-refractivity contribution in [1.82, 2.24) is 29.3 Å². The molecule has 0 atom stereocenters. The van der Waals surface area contributed by atoms with E-state index >= 15 is 4.39 Å². The second kappa shape index (κ2) is 9.84. The summed E-state index contributed by atoms with van der Waals surface area (Å²) in [4.78, 5) is 30.1. The molecule has 6 aromatic rings. The number of carboxylic acids is 1. The van der Waals surface area contributed by atoms with E-state index in [-0.39, 0.29) is 11.3 Å². The highest BCUT2D eigenvalue weighted by Crippen LogP contribution is 2.33. The average molecular weight is 596 g/mol. The summed E-state index contributed by atoms with van der Waals surface area (Å²) in [6.07, 6.45) is 4.70. The first kappa shape index (κ1) is 26.7. The van der Waals surface area contributed by atoms with Gasteiger partial charge in [-0.1, -0.05) is 0 Å². The smallest absolute Gasteiger partial charge is 0.335 e. The highest BCUT2D eigenvalue weighted by atomic mass is 32.2. The van der Waals surface area contributed by atoms with Gasteiger partial charge in [-0.2, -0.15) is 0 Å². The van der Waals surface area contributed by atoms with E-state index in [0.29, 0.717) is 34.1 Å². The molecule has 0 aliphatic rings. The minimum atomic E-state index is -4.61. The number of aromatic amines is 1. The number of H-pyrrole nitrogens is 1. The van der Waals surface area contributed by atoms with Crippen LogP contribution in [0, 0.1) is 17.5 Å². The Morgan fingerprint density at radius 1 is 1.07 bits per heavy atom. The van der Waals surface area contributed by atoms with Crippen LogP contribution in [0.5, 0.6) is 5.88 Å². The summed E-state index contributed by atoms with van der Waals surface area (Å²) in [6, 6.07) is 6.75. The maximum atomic E-state index is 15.6. The number of hydrogen-bond acceptors (Lipinski definition) is 8. The normalized spacial score (nSPS) is 11.7. The van der Waals surface area contributed by atoms with Gasteiger partial charge >= 0.3 is 5.97 Å². The van der Waals surface area contributed by atoms with Crippen LogP contribution in [0.3, 0.4) is 0 Å². The topological polar surface area (TPSA) is 164 Å². The highest BCUT2D eigenvalue weighted by molar-refractivity contribution is 7.92. The first-order chi connectivity index (χ1) is 20.1. The number of anilines is 1. The third kappa shape index (κ3) is 4.52. The van der Waals surface area contributed by atoms with Crippen LogP contribution >= 0.6 is 0 Å². The van der Waals surface area contributed by atoms with Crippen LogP contribution in [0.25, 0.3) is 39.3 Å². The summed E-state index contributed by atoms with van der Waals surface area (Å²) < 4.78 is 78.4. The number of benzene rings is 2. The van der Waals surface area contributed by atoms with Crippen LogP contribution in [0.1, 0.15) is 10.4 Å². The summed E-state index contributed by atoms with van der Waals surface area (Å²) in [7, 11) is -3.48. The number of halogens is 3. The SMILES string of the molecule is COc1ncc(F)cc1S(=O)(=O)Nc1ccc(F)c(-c2cn3cnc(-c4nc5ccc(C(=O)O)cc5[nH]4)c3cn2)c1F. The molecule has 0 unspecified atom stereocenters. The zero-order valence-corrected chi connectivity index (χ0v) is 21.9. The van der Waals surface area contributed by atoms with E-state index in [1.807, 2.05) is 4.72 Å². The number of aromatic carboxylic acids is 1. The number of pyridine rings is 1. The van der Waals surface area contributed by atoms with Crippen molar-refractivity contribution in [3.05, 3.63) is 84.3 Å². The van der Waals surface area contributed by atoms with Gasteiger partial charge in [0.2, 0.25) is 5.88 Å². The molecule has 4 heterocycles. The Morgan fingerprint density at radius 2 is 1.88 bits per heavy atom. The molecule has 0 amide bonds. The monoisotopic (exact) mass is 595 g/mol. The molecule has 0 fully saturated rings. The second-order valence-corrected chi connectivity index (χ2v) is 10.5. The maximum Gasteiger partial charge on any atom is 0.335 e. The van der Waals surface area contributed by atoms with Crippen molar-refractivity contribution < 1.29 is 36.2 Å². The van der Waals surface area contributed by atoms with Crippen LogP contribution in [0.4, 0.5) is 18.9 Å². The summed E-state index contributed by atoms with van der Waals surface area (Å²) in [5.41, 5.74) is 0.307. The molecule has 2 aromatic carbocycles. The average Bonchev–Trinajstić information content (AvgIpc) is 3.58. The van der Waals surface area contributed by atoms with E-state index in [0.717, 1.165) is 25.4 Å². The molecule has 16 heteroatoms. The Morgan fingerprint density at radius 3 is 2.64 bits per heavy atom. The van der Waals surface area contributed by atoms with E-state index in [9.17, 15) is 27.1 Å². The van der Waals surface area contributed by atoms with Crippen molar-refractivity contribution in [2.45, 2.75) is 4.90 Å². The number of aromatic nitrogens is 6. The molecule has 0 spiro atoms. The fourth-order valence-corrected chi connectivity index (χ4v) is 5.47. The summed E-state index contributed by atoms with van der Waals surface area (Å²) in [5.74, 6) is -4.50. The first-order valence-corrected chi connectivity index (χ1v) is 13.3. The summed E-state index contributed by atoms with van der Waals surface area (Å²) in [5, 5.41) is 9.22. The van der Waals surface area contributed by atoms with Gasteiger partial charge in [-0.15, -0.1) is 0 Å². The number of fused-ring (bicyclic) bond motifs is 2. The number of hydrogen-bond donors (Lipinski definition) is 3. The Hall–Kier alpha value is -5.51. The molecule has 12 nitrogen and oxygen atoms in total. The molecule has 0 aliphatic carbocycles. The molecule has 0 radical (unpaired) electrons. The third-order valence-corrected chi connectivity index (χ3v) is 7.59. The Bertz CT molecular complexity index is 2170. The van der Waals surface area contributed by atoms with Crippen LogP contribution in [-0.2, 0) is 10.0 Å². The molecule has 0 saturated carbocycles. The number of sulfonamides is 1. The van der Waals surface area contributed by atoms with Crippen molar-refractivity contribution in [2.24, 2.45) is 0 Å². The number of carbonyl (C=O) groups is 1. The number of imidazole rings is 2. The predicted molar refractivity (Wildman–Crippen MR) is 142 cm³/mol. The van der Waals surface area contributed by atoms with Gasteiger partial charge in [0.05, 0.1) is 58.6 Å². The van der Waals surface area contributed by atoms with Gasteiger partial charge in [-0.25, -0.2) is 41.3 Å². The standard InChI is InChI=1S/C26H16F3N7O5S/c1-41-25-20(7-13(27)8-31-25)42(39,40)35-16-5-3-14(28)21(22(16)29)18-10-36-11-32-23(19(36)9-30-18)24-33-15-4-2-12(26(37)38)6-17(15)34-24/h2-11,35H,1H3,(H,33,34)(H,37,38). The summed E-state index contributed by atoms with van der Waals surface area (Å²) >= 11 is 0. The Balaban J connectivity index is 1.37. The molecule has 0 aliphatic heterocycles. The third-order valence-electron chi connectivity index (χ3n) is 6.23. The fourth-order valence-electron chi connectivity index (χ4n) is 4.28. The number of methoxy groups -OCH3 is 1. The largest absolute Gasteiger partial charge is 0.480 e. The van der Waals surface area contributed by atoms with Gasteiger partial charge in [-0.05, 0) is 30.3 Å². The fraction of sp³-hybridized carbons (Fsp3) is 0.0385. The Labute approximate surface area is 233 Å². The van der Waals surface area contributed by atoms with Crippen LogP contribution in [0.2, 0.25) is 0 Å². The number of carboxylic acid groups (broad SMARTS) is 1. The van der Waals surface area contributed by atoms with Gasteiger partial charge in [-0.3, -0.25) is 9.71 Å². The van der Waals surface area contributed by atoms with Crippen molar-refractivity contribution in [2.75, 3.05) is 11.8 Å². The second-order valence-electron chi connectivity index (χ2n) is 8.83. The van der Waals surface area contributed by atoms with E-state index in [4.69, 9.17) is 4.74 Å². The minimum absolute atomic E-state index is 0.0685. The number of nitrogens with zero attached hydrogens (tertiary/aromatic N) is 5. The van der Waals surface area contributed by atoms with Crippen molar-refractivity contribution in [1.29, 1.82) is 0 Å². The van der Waals surface area contributed by atoms with Crippen LogP contribution in [0.15, 0.2) is 66.2 Å². The summed E-state index contributed by atoms with van der Waals surface area (Å²) in [6.45, 7) is 0. The van der Waals surface area contributed by atoms with E-state index in [1.54, 1.807) is 6.07 Å². The van der Waals surface area contributed by atoms with E-state index < -0.39 is 55.5 Å². The van der Waals surface area contributed by atoms with Crippen molar-refractivity contribution >= 4 is 38.2 Å². The molecule has 6 rings (SSSR count). The lowest BCUT2D eigenvalue weighted by atomic mass is 10.1. The quantitative estimate of drug-likeness (QED) is 0.245. The number of ether oxygens (including phenoxy) is 1. The highest BCUT2D eigenvalue weighted by Gasteiger charge is 2.26. The minimum Gasteiger partial charge on any atom is -0.480 e. The lowest BCUT2D eigenvalue weighted by molar-refractivity contribution is 0.0697. The molecule has 4 aromatic heterocycles. The molecule has 0 bridgehead atoms. The van der Waals surface area contributed by atoms with Crippen LogP contribution in [-0.4, -0.2) is 55.9 Å². The van der Waals surface area contributed by atoms with Crippen molar-refractivity contribution in [3.63, 3.8) is 0 Å². The molecule has 212 valence electrons. The number of nitrogens with one attached hydrogen (secondary N) is 2. The van der Waals surface area contributed by atoms with Gasteiger partial charge in [0, 0.05) is 12.3 Å². The number of rotatable bonds is 7. The molecule has 42 heavy (non-hydrogen) atoms. The lowest BCUT2D eigenvalue weighted by Gasteiger charge is -2.13. The lowest BCUT2D eigenvalue weighted by Crippen LogP contribution is -2.16. The molecular weight excluding hydrogens is 579 g/mol. The molecule has 0 saturated heterocycles. The van der Waals surface area contributed by atoms with Gasteiger partial charge in [0.25, 0.3) is 10.0 Å². The van der Waals surface area contributed by atoms with Crippen molar-refractivity contribution in [3.8, 4) is 28.7 Å². The zero-order valence-electron chi connectivity index (χ0n) is 21.1. The van der Waals surface area contributed by atoms with Gasteiger partial charge in [0.1, 0.15) is 23.7 Å². The zero-order chi connectivity index (χ0) is 29.8. The Kier molecular flexibility index (Phi) is 6.26. The molecule has 3 N–H and O–H groups in total. The van der Waals surface area contributed by atoms with Crippen LogP contribution < -0.4 is 9.46 Å². The van der Waals surface area contributed by atoms with E-state index in [1.165, 1.54) is 35.3 Å². The van der Waals surface area contributed by atoms with E-state index in [2.05, 4.69) is 24.9 Å². The molecular formula is C26H16F3N7O5S. The first-order valence-electron chi connectivity index (χ1n) is 11.8. The predicted octanol–water partition coefficient (Wildman–Crippen LogP) is 4.26.